The van der Waals surface area contributed by atoms with Gasteiger partial charge in [-0.05, 0) is 34.8 Å². The Labute approximate surface area is 94.7 Å². The molecule has 0 bridgehead atoms. The number of hydrogen-bond acceptors (Lipinski definition) is 3. The molecule has 2 heterocycles. The van der Waals surface area contributed by atoms with Crippen molar-refractivity contribution in [3.05, 3.63) is 20.8 Å². The summed E-state index contributed by atoms with van der Waals surface area (Å²) in [5.74, 6) is -0.0355. The van der Waals surface area contributed by atoms with E-state index in [4.69, 9.17) is 4.84 Å². The Morgan fingerprint density at radius 3 is 3.00 bits per heavy atom. The Kier molecular flexibility index (Phi) is 3.20. The lowest BCUT2D eigenvalue weighted by atomic mass is 10.2. The summed E-state index contributed by atoms with van der Waals surface area (Å²) in [5.41, 5.74) is 0.698. The largest absolute Gasteiger partial charge is 0.278 e. The highest BCUT2D eigenvalue weighted by atomic mass is 79.9. The van der Waals surface area contributed by atoms with E-state index in [0.717, 1.165) is 16.6 Å². The molecule has 0 radical (unpaired) electrons. The summed E-state index contributed by atoms with van der Waals surface area (Å²) in [4.78, 5) is 17.1. The molecule has 0 aromatic carbocycles. The zero-order valence-corrected chi connectivity index (χ0v) is 9.94. The molecular weight excluding hydrogens is 266 g/mol. The molecule has 0 N–H and O–H groups in total. The van der Waals surface area contributed by atoms with Crippen molar-refractivity contribution in [2.45, 2.75) is 12.8 Å². The summed E-state index contributed by atoms with van der Waals surface area (Å²) in [6, 6.07) is 1.82. The first kappa shape index (κ1) is 10.1. The van der Waals surface area contributed by atoms with Crippen LogP contribution in [0.3, 0.4) is 0 Å². The monoisotopic (exact) mass is 275 g/mol. The van der Waals surface area contributed by atoms with Crippen LogP contribution in [0.5, 0.6) is 0 Å². The second-order valence-electron chi connectivity index (χ2n) is 3.09. The van der Waals surface area contributed by atoms with E-state index in [1.54, 1.807) is 0 Å². The van der Waals surface area contributed by atoms with Crippen LogP contribution in [0.2, 0.25) is 0 Å². The van der Waals surface area contributed by atoms with Gasteiger partial charge in [-0.15, -0.1) is 11.3 Å². The molecular formula is C9H10BrNO2S. The second kappa shape index (κ2) is 4.42. The third-order valence-electron chi connectivity index (χ3n) is 2.04. The number of thiophene rings is 1. The van der Waals surface area contributed by atoms with Gasteiger partial charge in [0.05, 0.1) is 16.0 Å². The van der Waals surface area contributed by atoms with E-state index in [2.05, 4.69) is 15.9 Å². The molecule has 0 unspecified atom stereocenters. The lowest BCUT2D eigenvalue weighted by molar-refractivity contribution is -0.144. The zero-order valence-electron chi connectivity index (χ0n) is 7.53. The van der Waals surface area contributed by atoms with Crippen molar-refractivity contribution in [3.8, 4) is 0 Å². The maximum Gasteiger partial charge on any atom is 0.278 e. The third kappa shape index (κ3) is 2.16. The number of carbonyl (C=O) groups is 1. The lowest BCUT2D eigenvalue weighted by Gasteiger charge is -2.25. The van der Waals surface area contributed by atoms with Crippen LogP contribution in [-0.2, 0) is 4.84 Å². The second-order valence-corrected chi connectivity index (χ2v) is 5.38. The molecule has 2 rings (SSSR count). The van der Waals surface area contributed by atoms with Crippen LogP contribution in [0, 0.1) is 0 Å². The summed E-state index contributed by atoms with van der Waals surface area (Å²) < 4.78 is 0.970. The van der Waals surface area contributed by atoms with E-state index in [0.29, 0.717) is 18.7 Å². The smallest absolute Gasteiger partial charge is 0.271 e. The van der Waals surface area contributed by atoms with Gasteiger partial charge in [-0.3, -0.25) is 9.63 Å². The topological polar surface area (TPSA) is 29.5 Å². The average molecular weight is 276 g/mol. The van der Waals surface area contributed by atoms with E-state index in [-0.39, 0.29) is 5.91 Å². The fourth-order valence-electron chi connectivity index (χ4n) is 1.32. The van der Waals surface area contributed by atoms with Gasteiger partial charge in [-0.1, -0.05) is 0 Å². The summed E-state index contributed by atoms with van der Waals surface area (Å²) in [5, 5.41) is 3.29. The van der Waals surface area contributed by atoms with Crippen LogP contribution in [-0.4, -0.2) is 24.1 Å². The van der Waals surface area contributed by atoms with Crippen LogP contribution in [0.1, 0.15) is 23.2 Å². The van der Waals surface area contributed by atoms with Gasteiger partial charge >= 0.3 is 0 Å². The number of carbonyl (C=O) groups excluding carboxylic acids is 1. The SMILES string of the molecule is O=C(c1csc(Br)c1)N1CCCCO1. The Morgan fingerprint density at radius 2 is 2.43 bits per heavy atom. The van der Waals surface area contributed by atoms with Gasteiger partial charge in [0.25, 0.3) is 5.91 Å². The van der Waals surface area contributed by atoms with Crippen molar-refractivity contribution in [3.63, 3.8) is 0 Å². The Bertz CT molecular complexity index is 333. The normalized spacial score (nSPS) is 17.1. The van der Waals surface area contributed by atoms with Gasteiger partial charge in [0, 0.05) is 11.9 Å². The van der Waals surface area contributed by atoms with Crippen LogP contribution < -0.4 is 0 Å². The molecule has 0 atom stereocenters. The van der Waals surface area contributed by atoms with Crippen molar-refractivity contribution in [2.24, 2.45) is 0 Å². The molecule has 0 spiro atoms. The van der Waals surface area contributed by atoms with Crippen molar-refractivity contribution < 1.29 is 9.63 Å². The van der Waals surface area contributed by atoms with E-state index in [1.807, 2.05) is 11.4 Å². The molecule has 1 aliphatic rings. The highest BCUT2D eigenvalue weighted by Crippen LogP contribution is 2.22. The maximum absolute atomic E-state index is 11.8. The van der Waals surface area contributed by atoms with Crippen LogP contribution in [0.4, 0.5) is 0 Å². The minimum Gasteiger partial charge on any atom is -0.271 e. The molecule has 1 aromatic heterocycles. The van der Waals surface area contributed by atoms with Crippen molar-refractivity contribution in [1.82, 2.24) is 5.06 Å². The highest BCUT2D eigenvalue weighted by molar-refractivity contribution is 9.11. The van der Waals surface area contributed by atoms with Crippen molar-refractivity contribution in [1.29, 1.82) is 0 Å². The van der Waals surface area contributed by atoms with Crippen LogP contribution in [0.15, 0.2) is 15.2 Å². The van der Waals surface area contributed by atoms with Crippen LogP contribution in [0.25, 0.3) is 0 Å². The van der Waals surface area contributed by atoms with Crippen molar-refractivity contribution >= 4 is 33.2 Å². The number of halogens is 1. The number of rotatable bonds is 1. The van der Waals surface area contributed by atoms with E-state index < -0.39 is 0 Å². The summed E-state index contributed by atoms with van der Waals surface area (Å²) in [6.07, 6.45) is 2.06. The highest BCUT2D eigenvalue weighted by Gasteiger charge is 2.20. The van der Waals surface area contributed by atoms with Gasteiger partial charge in [0.1, 0.15) is 0 Å². The predicted molar refractivity (Wildman–Crippen MR) is 58.2 cm³/mol. The minimum atomic E-state index is -0.0355. The van der Waals surface area contributed by atoms with Gasteiger partial charge in [-0.25, -0.2) is 5.06 Å². The maximum atomic E-state index is 11.8. The minimum absolute atomic E-state index is 0.0355. The Hall–Kier alpha value is -0.390. The summed E-state index contributed by atoms with van der Waals surface area (Å²) in [7, 11) is 0. The predicted octanol–water partition coefficient (Wildman–Crippen LogP) is 2.68. The van der Waals surface area contributed by atoms with Gasteiger partial charge in [0.2, 0.25) is 0 Å². The molecule has 1 saturated heterocycles. The number of nitrogens with zero attached hydrogens (tertiary/aromatic N) is 1. The summed E-state index contributed by atoms with van der Waals surface area (Å²) in [6.45, 7) is 1.35. The molecule has 5 heteroatoms. The first-order chi connectivity index (χ1) is 6.77. The Balaban J connectivity index is 2.07. The molecule has 1 aliphatic heterocycles. The molecule has 1 aromatic rings. The number of hydrogen-bond donors (Lipinski definition) is 0. The Morgan fingerprint density at radius 1 is 1.57 bits per heavy atom. The average Bonchev–Trinajstić information content (AvgIpc) is 2.65. The zero-order chi connectivity index (χ0) is 9.97. The quantitative estimate of drug-likeness (QED) is 0.789. The molecule has 14 heavy (non-hydrogen) atoms. The molecule has 1 fully saturated rings. The number of amides is 1. The third-order valence-corrected chi connectivity index (χ3v) is 3.55. The van der Waals surface area contributed by atoms with E-state index >= 15 is 0 Å². The number of hydroxylamine groups is 2. The lowest BCUT2D eigenvalue weighted by Crippen LogP contribution is -2.35. The van der Waals surface area contributed by atoms with Crippen LogP contribution >= 0.6 is 27.3 Å². The first-order valence-corrected chi connectivity index (χ1v) is 6.13. The van der Waals surface area contributed by atoms with Crippen molar-refractivity contribution in [2.75, 3.05) is 13.2 Å². The summed E-state index contributed by atoms with van der Waals surface area (Å²) >= 11 is 4.84. The fraction of sp³-hybridized carbons (Fsp3) is 0.444. The fourth-order valence-corrected chi connectivity index (χ4v) is 2.45. The standard InChI is InChI=1S/C9H10BrNO2S/c10-8-5-7(6-14-8)9(12)11-3-1-2-4-13-11/h5-6H,1-4H2. The van der Waals surface area contributed by atoms with Gasteiger partial charge in [0.15, 0.2) is 0 Å². The molecule has 1 amide bonds. The van der Waals surface area contributed by atoms with E-state index in [1.165, 1.54) is 16.4 Å². The molecule has 76 valence electrons. The van der Waals surface area contributed by atoms with Gasteiger partial charge < -0.3 is 0 Å². The first-order valence-electron chi connectivity index (χ1n) is 4.46. The molecule has 0 saturated carbocycles. The molecule has 3 nitrogen and oxygen atoms in total. The molecule has 0 aliphatic carbocycles. The van der Waals surface area contributed by atoms with E-state index in [9.17, 15) is 4.79 Å². The van der Waals surface area contributed by atoms with Gasteiger partial charge in [-0.2, -0.15) is 0 Å².